The number of nitrogens with one attached hydrogen (secondary N) is 3. The fraction of sp³-hybridized carbons (Fsp3) is 0.240. The van der Waals surface area contributed by atoms with E-state index in [1.165, 1.54) is 18.3 Å². The van der Waals surface area contributed by atoms with Gasteiger partial charge in [-0.25, -0.2) is 4.52 Å². The molecule has 0 aliphatic heterocycles. The number of hydrogen-bond acceptors (Lipinski definition) is 6. The van der Waals surface area contributed by atoms with Crippen LogP contribution in [0.25, 0.3) is 16.2 Å². The van der Waals surface area contributed by atoms with Gasteiger partial charge in [0.2, 0.25) is 22.7 Å². The molecular weight excluding hydrogens is 464 g/mol. The van der Waals surface area contributed by atoms with Crippen LogP contribution in [0.1, 0.15) is 43.0 Å². The molecule has 0 radical (unpaired) electrons. The Morgan fingerprint density at radius 3 is 2.46 bits per heavy atom. The van der Waals surface area contributed by atoms with Gasteiger partial charge >= 0.3 is 0 Å². The lowest BCUT2D eigenvalue weighted by Crippen LogP contribution is -2.24. The molecule has 0 saturated carbocycles. The van der Waals surface area contributed by atoms with E-state index in [0.29, 0.717) is 29.9 Å². The zero-order chi connectivity index (χ0) is 24.6. The predicted octanol–water partition coefficient (Wildman–Crippen LogP) is 4.35. The van der Waals surface area contributed by atoms with Gasteiger partial charge in [-0.2, -0.15) is 4.98 Å². The van der Waals surface area contributed by atoms with Crippen LogP contribution in [0.3, 0.4) is 0 Å². The van der Waals surface area contributed by atoms with Crippen molar-refractivity contribution >= 4 is 45.7 Å². The van der Waals surface area contributed by atoms with Crippen LogP contribution in [-0.2, 0) is 9.59 Å². The second-order valence-electron chi connectivity index (χ2n) is 7.99. The van der Waals surface area contributed by atoms with E-state index >= 15 is 0 Å². The number of aromatic nitrogens is 3. The fourth-order valence-corrected chi connectivity index (χ4v) is 4.36. The monoisotopic (exact) mass is 490 g/mol. The summed E-state index contributed by atoms with van der Waals surface area (Å²) in [6.07, 6.45) is 2.69. The summed E-state index contributed by atoms with van der Waals surface area (Å²) in [5.74, 6) is -0.0785. The molecule has 0 saturated heterocycles. The molecule has 2 aromatic heterocycles. The summed E-state index contributed by atoms with van der Waals surface area (Å²) < 4.78 is 1.70. The molecule has 3 N–H and O–H groups in total. The first-order valence-corrected chi connectivity index (χ1v) is 12.2. The normalized spacial score (nSPS) is 10.8. The maximum Gasteiger partial charge on any atom is 0.251 e. The molecule has 0 aliphatic rings. The number of anilines is 2. The number of hydrogen-bond donors (Lipinski definition) is 3. The summed E-state index contributed by atoms with van der Waals surface area (Å²) in [6.45, 7) is 2.04. The largest absolute Gasteiger partial charge is 0.352 e. The van der Waals surface area contributed by atoms with Gasteiger partial charge in [0, 0.05) is 42.1 Å². The van der Waals surface area contributed by atoms with Gasteiger partial charge in [0.15, 0.2) is 0 Å². The Balaban J connectivity index is 1.22. The Hall–Kier alpha value is -4.05. The van der Waals surface area contributed by atoms with Gasteiger partial charge in [0.1, 0.15) is 0 Å². The molecule has 180 valence electrons. The molecule has 0 bridgehead atoms. The smallest absolute Gasteiger partial charge is 0.251 e. The number of carbonyl (C=O) groups is 3. The van der Waals surface area contributed by atoms with Crippen molar-refractivity contribution in [2.24, 2.45) is 0 Å². The van der Waals surface area contributed by atoms with E-state index in [-0.39, 0.29) is 23.7 Å². The number of unbranched alkanes of at least 4 members (excludes halogenated alkanes) is 2. The van der Waals surface area contributed by atoms with Gasteiger partial charge in [-0.3, -0.25) is 19.7 Å². The zero-order valence-corrected chi connectivity index (χ0v) is 20.1. The van der Waals surface area contributed by atoms with Crippen LogP contribution in [-0.4, -0.2) is 38.9 Å². The first-order chi connectivity index (χ1) is 17.0. The molecule has 0 atom stereocenters. The summed E-state index contributed by atoms with van der Waals surface area (Å²) in [6, 6.07) is 16.5. The van der Waals surface area contributed by atoms with Crippen molar-refractivity contribution in [2.45, 2.75) is 32.6 Å². The Kier molecular flexibility index (Phi) is 7.84. The predicted molar refractivity (Wildman–Crippen MR) is 136 cm³/mol. The molecular formula is C25H26N6O3S. The number of amides is 3. The van der Waals surface area contributed by atoms with E-state index in [9.17, 15) is 14.4 Å². The van der Waals surface area contributed by atoms with E-state index < -0.39 is 0 Å². The first kappa shape index (κ1) is 24.1. The number of nitrogens with zero attached hydrogens (tertiary/aromatic N) is 3. The van der Waals surface area contributed by atoms with E-state index in [1.54, 1.807) is 16.6 Å². The number of thiazole rings is 1. The van der Waals surface area contributed by atoms with E-state index in [2.05, 4.69) is 26.0 Å². The summed E-state index contributed by atoms with van der Waals surface area (Å²) in [5.41, 5.74) is 3.14. The molecule has 0 spiro atoms. The Morgan fingerprint density at radius 1 is 0.943 bits per heavy atom. The van der Waals surface area contributed by atoms with Gasteiger partial charge in [-0.15, -0.1) is 16.4 Å². The van der Waals surface area contributed by atoms with Gasteiger partial charge in [0.25, 0.3) is 5.91 Å². The van der Waals surface area contributed by atoms with Crippen molar-refractivity contribution in [3.63, 3.8) is 0 Å². The van der Waals surface area contributed by atoms with Crippen molar-refractivity contribution in [3.8, 4) is 11.3 Å². The van der Waals surface area contributed by atoms with Crippen molar-refractivity contribution in [2.75, 3.05) is 17.2 Å². The lowest BCUT2D eigenvalue weighted by Gasteiger charge is -2.05. The lowest BCUT2D eigenvalue weighted by molar-refractivity contribution is -0.116. The minimum Gasteiger partial charge on any atom is -0.352 e. The molecule has 2 aromatic carbocycles. The van der Waals surface area contributed by atoms with Crippen LogP contribution in [0.5, 0.6) is 0 Å². The van der Waals surface area contributed by atoms with E-state index in [1.807, 2.05) is 47.8 Å². The first-order valence-electron chi connectivity index (χ1n) is 11.3. The molecule has 3 amide bonds. The topological polar surface area (TPSA) is 117 Å². The Bertz CT molecular complexity index is 1310. The van der Waals surface area contributed by atoms with Crippen molar-refractivity contribution in [3.05, 3.63) is 65.5 Å². The second-order valence-corrected chi connectivity index (χ2v) is 8.83. The fourth-order valence-electron chi connectivity index (χ4n) is 3.53. The minimum atomic E-state index is -0.141. The summed E-state index contributed by atoms with van der Waals surface area (Å²) in [5, 5.41) is 14.8. The molecule has 10 heteroatoms. The standard InChI is InChI=1S/C25H26N6O3S/c1-17(32)27-20-13-11-18(12-14-20)21-16-35-25-29-24(30-31(21)25)28-22(33)10-6-3-7-15-26-23(34)19-8-4-2-5-9-19/h2,4-5,8-9,11-14,16H,3,6-7,10,15H2,1H3,(H,26,34)(H,27,32)(H,28,30,33). The molecule has 2 heterocycles. The average Bonchev–Trinajstić information content (AvgIpc) is 3.42. The van der Waals surface area contributed by atoms with E-state index in [4.69, 9.17) is 0 Å². The highest BCUT2D eigenvalue weighted by Gasteiger charge is 2.13. The van der Waals surface area contributed by atoms with Gasteiger partial charge in [0.05, 0.1) is 5.69 Å². The Morgan fingerprint density at radius 2 is 1.71 bits per heavy atom. The number of rotatable bonds is 10. The van der Waals surface area contributed by atoms with Crippen LogP contribution in [0.4, 0.5) is 11.6 Å². The quantitative estimate of drug-likeness (QED) is 0.286. The molecule has 4 aromatic rings. The van der Waals surface area contributed by atoms with Crippen LogP contribution in [0, 0.1) is 0 Å². The minimum absolute atomic E-state index is 0.0859. The SMILES string of the molecule is CC(=O)Nc1ccc(-c2csc3nc(NC(=O)CCCCCNC(=O)c4ccccc4)nn23)cc1. The maximum absolute atomic E-state index is 12.3. The van der Waals surface area contributed by atoms with Gasteiger partial charge < -0.3 is 10.6 Å². The molecule has 0 aliphatic carbocycles. The zero-order valence-electron chi connectivity index (χ0n) is 19.3. The second kappa shape index (κ2) is 11.4. The van der Waals surface area contributed by atoms with E-state index in [0.717, 1.165) is 29.8 Å². The highest BCUT2D eigenvalue weighted by Crippen LogP contribution is 2.27. The molecule has 0 fully saturated rings. The molecule has 0 unspecified atom stereocenters. The number of fused-ring (bicyclic) bond motifs is 1. The van der Waals surface area contributed by atoms with Gasteiger partial charge in [-0.1, -0.05) is 36.8 Å². The maximum atomic E-state index is 12.3. The van der Waals surface area contributed by atoms with Gasteiger partial charge in [-0.05, 0) is 37.1 Å². The van der Waals surface area contributed by atoms with Crippen LogP contribution < -0.4 is 16.0 Å². The highest BCUT2D eigenvalue weighted by molar-refractivity contribution is 7.15. The van der Waals surface area contributed by atoms with Crippen LogP contribution >= 0.6 is 11.3 Å². The molecule has 9 nitrogen and oxygen atoms in total. The third-order valence-electron chi connectivity index (χ3n) is 5.24. The highest BCUT2D eigenvalue weighted by atomic mass is 32.1. The molecule has 35 heavy (non-hydrogen) atoms. The third-order valence-corrected chi connectivity index (χ3v) is 6.05. The summed E-state index contributed by atoms with van der Waals surface area (Å²) in [4.78, 5) is 40.6. The Labute approximate surface area is 206 Å². The summed E-state index contributed by atoms with van der Waals surface area (Å²) in [7, 11) is 0. The molecule has 4 rings (SSSR count). The number of carbonyl (C=O) groups excluding carboxylic acids is 3. The summed E-state index contributed by atoms with van der Waals surface area (Å²) >= 11 is 1.43. The average molecular weight is 491 g/mol. The van der Waals surface area contributed by atoms with Crippen molar-refractivity contribution in [1.29, 1.82) is 0 Å². The third kappa shape index (κ3) is 6.51. The van der Waals surface area contributed by atoms with Crippen molar-refractivity contribution < 1.29 is 14.4 Å². The van der Waals surface area contributed by atoms with Crippen LogP contribution in [0.2, 0.25) is 0 Å². The number of benzene rings is 2. The van der Waals surface area contributed by atoms with Crippen LogP contribution in [0.15, 0.2) is 60.0 Å². The lowest BCUT2D eigenvalue weighted by atomic mass is 10.1. The van der Waals surface area contributed by atoms with Crippen molar-refractivity contribution in [1.82, 2.24) is 19.9 Å².